The number of hydrogen-bond acceptors (Lipinski definition) is 3. The quantitative estimate of drug-likeness (QED) is 0.784. The molecule has 1 rings (SSSR count). The van der Waals surface area contributed by atoms with Crippen LogP contribution in [0.25, 0.3) is 0 Å². The molecule has 0 aromatic heterocycles. The van der Waals surface area contributed by atoms with Gasteiger partial charge in [-0.1, -0.05) is 30.7 Å². The summed E-state index contributed by atoms with van der Waals surface area (Å²) in [6.45, 7) is 2.71. The Kier molecular flexibility index (Phi) is 5.47. The Morgan fingerprint density at radius 3 is 2.87 bits per heavy atom. The van der Waals surface area contributed by atoms with Crippen LogP contribution in [-0.2, 0) is 6.54 Å². The largest absolute Gasteiger partial charge is 0.396 e. The summed E-state index contributed by atoms with van der Waals surface area (Å²) in [6, 6.07) is 5.76. The van der Waals surface area contributed by atoms with Gasteiger partial charge in [-0.25, -0.2) is 0 Å². The fourth-order valence-electron chi connectivity index (χ4n) is 1.15. The maximum Gasteiger partial charge on any atom is 0.0545 e. The Morgan fingerprint density at radius 1 is 1.53 bits per heavy atom. The predicted octanol–water partition coefficient (Wildman–Crippen LogP) is 2.52. The normalized spacial score (nSPS) is 12.8. The van der Waals surface area contributed by atoms with E-state index in [1.165, 1.54) is 0 Å². The maximum absolute atomic E-state index is 8.94. The van der Waals surface area contributed by atoms with Crippen LogP contribution in [0, 0.1) is 5.92 Å². The van der Waals surface area contributed by atoms with E-state index in [2.05, 4.69) is 0 Å². The van der Waals surface area contributed by atoms with E-state index in [-0.39, 0.29) is 12.5 Å². The van der Waals surface area contributed by atoms with Gasteiger partial charge in [-0.2, -0.15) is 0 Å². The van der Waals surface area contributed by atoms with Crippen molar-refractivity contribution in [3.8, 4) is 0 Å². The Balaban J connectivity index is 2.74. The molecule has 0 saturated heterocycles. The third kappa shape index (κ3) is 3.68. The summed E-state index contributed by atoms with van der Waals surface area (Å²) in [5.74, 6) is 1.13. The average molecular weight is 246 g/mol. The Hall–Kier alpha value is -0.220. The first-order valence-electron chi connectivity index (χ1n) is 4.90. The highest BCUT2D eigenvalue weighted by atomic mass is 35.5. The standard InChI is InChI=1S/C11H16ClNOS/c1-8(6-14)7-15-11-9(5-13)3-2-4-10(11)12/h2-4,8,14H,5-7,13H2,1H3. The highest BCUT2D eigenvalue weighted by molar-refractivity contribution is 7.99. The van der Waals surface area contributed by atoms with Gasteiger partial charge >= 0.3 is 0 Å². The molecule has 1 aromatic rings. The molecule has 0 heterocycles. The number of benzene rings is 1. The highest BCUT2D eigenvalue weighted by Crippen LogP contribution is 2.31. The monoisotopic (exact) mass is 245 g/mol. The van der Waals surface area contributed by atoms with Crippen molar-refractivity contribution in [2.45, 2.75) is 18.4 Å². The number of thioether (sulfide) groups is 1. The van der Waals surface area contributed by atoms with E-state index >= 15 is 0 Å². The molecule has 0 radical (unpaired) electrons. The van der Waals surface area contributed by atoms with Gasteiger partial charge in [0.25, 0.3) is 0 Å². The van der Waals surface area contributed by atoms with E-state index < -0.39 is 0 Å². The van der Waals surface area contributed by atoms with Crippen LogP contribution >= 0.6 is 23.4 Å². The zero-order valence-electron chi connectivity index (χ0n) is 8.74. The average Bonchev–Trinajstić information content (AvgIpc) is 2.26. The van der Waals surface area contributed by atoms with E-state index in [0.717, 1.165) is 21.2 Å². The molecular weight excluding hydrogens is 230 g/mol. The first-order valence-corrected chi connectivity index (χ1v) is 6.26. The van der Waals surface area contributed by atoms with Crippen LogP contribution in [0.5, 0.6) is 0 Å². The van der Waals surface area contributed by atoms with Crippen molar-refractivity contribution >= 4 is 23.4 Å². The smallest absolute Gasteiger partial charge is 0.0545 e. The lowest BCUT2D eigenvalue weighted by atomic mass is 10.2. The van der Waals surface area contributed by atoms with Gasteiger partial charge in [-0.3, -0.25) is 0 Å². The third-order valence-corrected chi connectivity index (χ3v) is 4.03. The Labute approximate surface area is 99.8 Å². The second-order valence-corrected chi connectivity index (χ2v) is 4.97. The SMILES string of the molecule is CC(CO)CSc1c(Cl)cccc1CN. The molecule has 0 saturated carbocycles. The molecule has 0 spiro atoms. The van der Waals surface area contributed by atoms with Crippen LogP contribution in [0.3, 0.4) is 0 Å². The van der Waals surface area contributed by atoms with E-state index in [4.69, 9.17) is 22.4 Å². The van der Waals surface area contributed by atoms with Gasteiger partial charge in [0.15, 0.2) is 0 Å². The minimum atomic E-state index is 0.204. The zero-order valence-corrected chi connectivity index (χ0v) is 10.3. The molecule has 1 aromatic carbocycles. The van der Waals surface area contributed by atoms with Crippen LogP contribution in [0.1, 0.15) is 12.5 Å². The lowest BCUT2D eigenvalue weighted by Crippen LogP contribution is -2.05. The van der Waals surface area contributed by atoms with E-state index in [9.17, 15) is 0 Å². The fraction of sp³-hybridized carbons (Fsp3) is 0.455. The first-order chi connectivity index (χ1) is 7.19. The van der Waals surface area contributed by atoms with Crippen molar-refractivity contribution in [1.82, 2.24) is 0 Å². The lowest BCUT2D eigenvalue weighted by molar-refractivity contribution is 0.250. The van der Waals surface area contributed by atoms with Gasteiger partial charge in [-0.15, -0.1) is 11.8 Å². The summed E-state index contributed by atoms with van der Waals surface area (Å²) >= 11 is 7.75. The van der Waals surface area contributed by atoms with Gasteiger partial charge in [0, 0.05) is 23.8 Å². The maximum atomic E-state index is 8.94. The number of halogens is 1. The fourth-order valence-corrected chi connectivity index (χ4v) is 2.61. The summed E-state index contributed by atoms with van der Waals surface area (Å²) in [4.78, 5) is 1.04. The number of hydrogen-bond donors (Lipinski definition) is 2. The number of rotatable bonds is 5. The highest BCUT2D eigenvalue weighted by Gasteiger charge is 2.08. The van der Waals surface area contributed by atoms with Crippen LogP contribution < -0.4 is 5.73 Å². The second-order valence-electron chi connectivity index (χ2n) is 3.53. The van der Waals surface area contributed by atoms with Crippen molar-refractivity contribution in [3.05, 3.63) is 28.8 Å². The summed E-state index contributed by atoms with van der Waals surface area (Å²) in [6.07, 6.45) is 0. The molecule has 84 valence electrons. The molecule has 0 fully saturated rings. The summed E-state index contributed by atoms with van der Waals surface area (Å²) in [7, 11) is 0. The molecule has 0 amide bonds. The summed E-state index contributed by atoms with van der Waals surface area (Å²) in [5.41, 5.74) is 6.70. The minimum absolute atomic E-state index is 0.204. The molecule has 15 heavy (non-hydrogen) atoms. The van der Waals surface area contributed by atoms with Gasteiger partial charge in [0.1, 0.15) is 0 Å². The van der Waals surface area contributed by atoms with Crippen molar-refractivity contribution in [3.63, 3.8) is 0 Å². The van der Waals surface area contributed by atoms with E-state index in [0.29, 0.717) is 6.54 Å². The predicted molar refractivity (Wildman–Crippen MR) is 66.3 cm³/mol. The number of aliphatic hydroxyl groups is 1. The molecular formula is C11H16ClNOS. The van der Waals surface area contributed by atoms with Crippen molar-refractivity contribution in [2.75, 3.05) is 12.4 Å². The lowest BCUT2D eigenvalue weighted by Gasteiger charge is -2.11. The van der Waals surface area contributed by atoms with Crippen LogP contribution in [0.4, 0.5) is 0 Å². The Bertz CT molecular complexity index is 319. The van der Waals surface area contributed by atoms with Crippen LogP contribution in [0.15, 0.2) is 23.1 Å². The van der Waals surface area contributed by atoms with Crippen molar-refractivity contribution in [2.24, 2.45) is 11.7 Å². The van der Waals surface area contributed by atoms with Crippen LogP contribution in [-0.4, -0.2) is 17.5 Å². The molecule has 0 aliphatic heterocycles. The van der Waals surface area contributed by atoms with Gasteiger partial charge in [0.05, 0.1) is 5.02 Å². The zero-order chi connectivity index (χ0) is 11.3. The molecule has 0 aliphatic carbocycles. The molecule has 2 nitrogen and oxygen atoms in total. The molecule has 0 bridgehead atoms. The van der Waals surface area contributed by atoms with E-state index in [1.54, 1.807) is 11.8 Å². The summed E-state index contributed by atoms with van der Waals surface area (Å²) in [5, 5.41) is 9.68. The third-order valence-electron chi connectivity index (χ3n) is 2.09. The number of nitrogens with two attached hydrogens (primary N) is 1. The number of aliphatic hydroxyl groups excluding tert-OH is 1. The molecule has 1 atom stereocenters. The second kappa shape index (κ2) is 6.38. The first kappa shape index (κ1) is 12.8. The van der Waals surface area contributed by atoms with Gasteiger partial charge in [0.2, 0.25) is 0 Å². The van der Waals surface area contributed by atoms with Crippen molar-refractivity contribution in [1.29, 1.82) is 0 Å². The molecule has 3 N–H and O–H groups in total. The van der Waals surface area contributed by atoms with Gasteiger partial charge in [-0.05, 0) is 17.5 Å². The van der Waals surface area contributed by atoms with Gasteiger partial charge < -0.3 is 10.8 Å². The Morgan fingerprint density at radius 2 is 2.27 bits per heavy atom. The van der Waals surface area contributed by atoms with Crippen LogP contribution in [0.2, 0.25) is 5.02 Å². The minimum Gasteiger partial charge on any atom is -0.396 e. The molecule has 0 aliphatic rings. The topological polar surface area (TPSA) is 46.2 Å². The molecule has 1 unspecified atom stereocenters. The van der Waals surface area contributed by atoms with Crippen molar-refractivity contribution < 1.29 is 5.11 Å². The molecule has 4 heteroatoms. The van der Waals surface area contributed by atoms with E-state index in [1.807, 2.05) is 25.1 Å². The summed E-state index contributed by atoms with van der Waals surface area (Å²) < 4.78 is 0.